The number of aryl methyl sites for hydroxylation is 1. The number of hydrogen-bond acceptors (Lipinski definition) is 2. The Hall–Kier alpha value is -1.09. The molecule has 1 unspecified atom stereocenters. The van der Waals surface area contributed by atoms with Crippen LogP contribution in [0.1, 0.15) is 35.9 Å². The van der Waals surface area contributed by atoms with Crippen LogP contribution >= 0.6 is 11.6 Å². The van der Waals surface area contributed by atoms with E-state index in [0.717, 1.165) is 18.5 Å². The van der Waals surface area contributed by atoms with Crippen LogP contribution in [0.25, 0.3) is 0 Å². The van der Waals surface area contributed by atoms with Crippen molar-refractivity contribution >= 4 is 17.5 Å². The van der Waals surface area contributed by atoms with Gasteiger partial charge >= 0.3 is 0 Å². The van der Waals surface area contributed by atoms with Crippen molar-refractivity contribution in [3.63, 3.8) is 0 Å². The smallest absolute Gasteiger partial charge is 0.269 e. The number of pyridine rings is 1. The van der Waals surface area contributed by atoms with Crippen LogP contribution in [0.4, 0.5) is 0 Å². The lowest BCUT2D eigenvalue weighted by Gasteiger charge is -2.05. The predicted octanol–water partition coefficient (Wildman–Crippen LogP) is 2.53. The summed E-state index contributed by atoms with van der Waals surface area (Å²) >= 11 is 5.81. The number of carbonyl (C=O) groups is 1. The average molecular weight is 241 g/mol. The van der Waals surface area contributed by atoms with Crippen LogP contribution in [-0.4, -0.2) is 22.8 Å². The Labute approximate surface area is 101 Å². The van der Waals surface area contributed by atoms with Gasteiger partial charge in [-0.1, -0.05) is 6.07 Å². The Morgan fingerprint density at radius 2 is 2.31 bits per heavy atom. The molecule has 0 aromatic carbocycles. The summed E-state index contributed by atoms with van der Waals surface area (Å²) in [7, 11) is 0. The molecule has 88 valence electrons. The third-order valence-corrected chi connectivity index (χ3v) is 2.40. The van der Waals surface area contributed by atoms with Crippen molar-refractivity contribution in [3.05, 3.63) is 29.6 Å². The Balaban J connectivity index is 2.35. The Bertz CT molecular complexity index is 353. The number of halogens is 1. The Kier molecular flexibility index (Phi) is 5.26. The number of hydrogen-bond donors (Lipinski definition) is 1. The summed E-state index contributed by atoms with van der Waals surface area (Å²) in [4.78, 5) is 15.8. The van der Waals surface area contributed by atoms with Gasteiger partial charge < -0.3 is 5.32 Å². The van der Waals surface area contributed by atoms with Gasteiger partial charge in [-0.25, -0.2) is 4.98 Å². The molecule has 3 nitrogen and oxygen atoms in total. The molecule has 0 saturated carbocycles. The highest BCUT2D eigenvalue weighted by atomic mass is 35.5. The second-order valence-corrected chi connectivity index (χ2v) is 4.59. The third kappa shape index (κ3) is 4.62. The van der Waals surface area contributed by atoms with Crippen molar-refractivity contribution in [3.8, 4) is 0 Å². The minimum Gasteiger partial charge on any atom is -0.351 e. The number of nitrogens with zero attached hydrogens (tertiary/aromatic N) is 1. The molecule has 4 heteroatoms. The van der Waals surface area contributed by atoms with E-state index in [-0.39, 0.29) is 11.3 Å². The molecule has 0 spiro atoms. The summed E-state index contributed by atoms with van der Waals surface area (Å²) in [5.74, 6) is -0.120. The zero-order valence-corrected chi connectivity index (χ0v) is 10.4. The van der Waals surface area contributed by atoms with Crippen LogP contribution < -0.4 is 5.32 Å². The van der Waals surface area contributed by atoms with Crippen molar-refractivity contribution in [2.75, 3.05) is 6.54 Å². The predicted molar refractivity (Wildman–Crippen MR) is 65.9 cm³/mol. The molecule has 0 aliphatic rings. The van der Waals surface area contributed by atoms with E-state index in [4.69, 9.17) is 11.6 Å². The topological polar surface area (TPSA) is 42.0 Å². The molecule has 0 fully saturated rings. The molecule has 1 N–H and O–H groups in total. The fraction of sp³-hybridized carbons (Fsp3) is 0.500. The zero-order valence-electron chi connectivity index (χ0n) is 9.66. The van der Waals surface area contributed by atoms with Crippen molar-refractivity contribution in [2.24, 2.45) is 0 Å². The van der Waals surface area contributed by atoms with E-state index in [9.17, 15) is 4.79 Å². The van der Waals surface area contributed by atoms with Crippen LogP contribution in [0.2, 0.25) is 0 Å². The number of aromatic nitrogens is 1. The summed E-state index contributed by atoms with van der Waals surface area (Å²) in [6.07, 6.45) is 1.80. The van der Waals surface area contributed by atoms with Gasteiger partial charge in [0.05, 0.1) is 0 Å². The van der Waals surface area contributed by atoms with Gasteiger partial charge in [-0.2, -0.15) is 0 Å². The van der Waals surface area contributed by atoms with E-state index in [1.807, 2.05) is 26.0 Å². The van der Waals surface area contributed by atoms with Gasteiger partial charge in [-0.3, -0.25) is 4.79 Å². The van der Waals surface area contributed by atoms with E-state index in [1.54, 1.807) is 6.07 Å². The van der Waals surface area contributed by atoms with Gasteiger partial charge in [0.15, 0.2) is 0 Å². The quantitative estimate of drug-likeness (QED) is 0.635. The summed E-state index contributed by atoms with van der Waals surface area (Å²) in [6, 6.07) is 5.41. The molecule has 1 aromatic heterocycles. The van der Waals surface area contributed by atoms with Crippen LogP contribution in [0.3, 0.4) is 0 Å². The maximum Gasteiger partial charge on any atom is 0.269 e. The molecular weight excluding hydrogens is 224 g/mol. The van der Waals surface area contributed by atoms with Gasteiger partial charge in [0.2, 0.25) is 0 Å². The standard InChI is InChI=1S/C12H17ClN2O/c1-9(13)5-4-8-14-12(16)11-7-3-6-10(2)15-11/h3,6-7,9H,4-5,8H2,1-2H3,(H,14,16). The summed E-state index contributed by atoms with van der Waals surface area (Å²) in [5.41, 5.74) is 1.32. The first kappa shape index (κ1) is 13.0. The second-order valence-electron chi connectivity index (χ2n) is 3.84. The molecule has 1 aromatic rings. The molecule has 1 rings (SSSR count). The highest BCUT2D eigenvalue weighted by molar-refractivity contribution is 6.20. The monoisotopic (exact) mass is 240 g/mol. The summed E-state index contributed by atoms with van der Waals surface area (Å²) < 4.78 is 0. The lowest BCUT2D eigenvalue weighted by atomic mass is 10.2. The third-order valence-electron chi connectivity index (χ3n) is 2.19. The van der Waals surface area contributed by atoms with E-state index in [1.165, 1.54) is 0 Å². The van der Waals surface area contributed by atoms with Crippen molar-refractivity contribution in [1.29, 1.82) is 0 Å². The number of alkyl halides is 1. The minimum absolute atomic E-state index is 0.120. The summed E-state index contributed by atoms with van der Waals surface area (Å²) in [6.45, 7) is 4.46. The van der Waals surface area contributed by atoms with Gasteiger partial charge in [-0.05, 0) is 38.8 Å². The van der Waals surface area contributed by atoms with E-state index in [2.05, 4.69) is 10.3 Å². The normalized spacial score (nSPS) is 12.2. The lowest BCUT2D eigenvalue weighted by molar-refractivity contribution is 0.0948. The number of nitrogens with one attached hydrogen (secondary N) is 1. The van der Waals surface area contributed by atoms with Crippen LogP contribution in [0, 0.1) is 6.92 Å². The van der Waals surface area contributed by atoms with E-state index < -0.39 is 0 Å². The lowest BCUT2D eigenvalue weighted by Crippen LogP contribution is -2.25. The van der Waals surface area contributed by atoms with Crippen molar-refractivity contribution in [2.45, 2.75) is 32.1 Å². The zero-order chi connectivity index (χ0) is 12.0. The largest absolute Gasteiger partial charge is 0.351 e. The number of carbonyl (C=O) groups excluding carboxylic acids is 1. The number of amides is 1. The molecule has 1 atom stereocenters. The Morgan fingerprint density at radius 1 is 1.56 bits per heavy atom. The SMILES string of the molecule is Cc1cccc(C(=O)NCCCC(C)Cl)n1. The van der Waals surface area contributed by atoms with E-state index in [0.29, 0.717) is 12.2 Å². The molecule has 0 saturated heterocycles. The first-order chi connectivity index (χ1) is 7.59. The molecule has 1 amide bonds. The minimum atomic E-state index is -0.120. The number of rotatable bonds is 5. The Morgan fingerprint density at radius 3 is 2.94 bits per heavy atom. The first-order valence-electron chi connectivity index (χ1n) is 5.45. The maximum absolute atomic E-state index is 11.6. The fourth-order valence-corrected chi connectivity index (χ4v) is 1.50. The average Bonchev–Trinajstić information content (AvgIpc) is 2.24. The van der Waals surface area contributed by atoms with Gasteiger partial charge in [0, 0.05) is 17.6 Å². The van der Waals surface area contributed by atoms with Crippen molar-refractivity contribution < 1.29 is 4.79 Å². The molecule has 16 heavy (non-hydrogen) atoms. The molecule has 1 heterocycles. The fourth-order valence-electron chi connectivity index (χ4n) is 1.35. The van der Waals surface area contributed by atoms with Crippen molar-refractivity contribution in [1.82, 2.24) is 10.3 Å². The van der Waals surface area contributed by atoms with Gasteiger partial charge in [0.25, 0.3) is 5.91 Å². The molecular formula is C12H17ClN2O. The highest BCUT2D eigenvalue weighted by Gasteiger charge is 2.06. The first-order valence-corrected chi connectivity index (χ1v) is 5.89. The maximum atomic E-state index is 11.6. The van der Waals surface area contributed by atoms with Gasteiger partial charge in [-0.15, -0.1) is 11.6 Å². The molecule has 0 radical (unpaired) electrons. The highest BCUT2D eigenvalue weighted by Crippen LogP contribution is 2.03. The van der Waals surface area contributed by atoms with Crippen LogP contribution in [0.5, 0.6) is 0 Å². The van der Waals surface area contributed by atoms with Crippen LogP contribution in [-0.2, 0) is 0 Å². The van der Waals surface area contributed by atoms with Crippen LogP contribution in [0.15, 0.2) is 18.2 Å². The summed E-state index contributed by atoms with van der Waals surface area (Å²) in [5, 5.41) is 2.98. The second kappa shape index (κ2) is 6.48. The van der Waals surface area contributed by atoms with Gasteiger partial charge in [0.1, 0.15) is 5.69 Å². The molecule has 0 aliphatic heterocycles. The molecule has 0 aliphatic carbocycles. The molecule has 0 bridgehead atoms. The van der Waals surface area contributed by atoms with E-state index >= 15 is 0 Å².